The molecule has 14 nitrogen and oxygen atoms in total. The molecule has 6 aromatic rings. The van der Waals surface area contributed by atoms with Crippen molar-refractivity contribution in [2.24, 2.45) is 0 Å². The van der Waals surface area contributed by atoms with Gasteiger partial charge in [0, 0.05) is 91.9 Å². The maximum atomic E-state index is 14.2. The summed E-state index contributed by atoms with van der Waals surface area (Å²) < 4.78 is 45.1. The number of benzene rings is 4. The number of anilines is 4. The van der Waals surface area contributed by atoms with E-state index in [4.69, 9.17) is 37.4 Å². The van der Waals surface area contributed by atoms with Crippen LogP contribution in [0.1, 0.15) is 11.1 Å². The van der Waals surface area contributed by atoms with Crippen molar-refractivity contribution < 1.29 is 28.1 Å². The molecule has 3 saturated heterocycles. The fourth-order valence-corrected chi connectivity index (χ4v) is 7.34. The second-order valence-corrected chi connectivity index (χ2v) is 17.0. The van der Waals surface area contributed by atoms with Crippen LogP contribution in [-0.4, -0.2) is 145 Å². The van der Waals surface area contributed by atoms with Gasteiger partial charge in [-0.15, -0.1) is 0 Å². The molecular formula is C46H54Cl2F2N10O4. The Bertz CT molecular complexity index is 2510. The lowest BCUT2D eigenvalue weighted by atomic mass is 10.1. The number of piperazine rings is 2. The lowest BCUT2D eigenvalue weighted by molar-refractivity contribution is 0.0503. The topological polar surface area (TPSA) is 149 Å². The van der Waals surface area contributed by atoms with E-state index in [1.807, 2.05) is 38.1 Å². The third kappa shape index (κ3) is 13.3. The fourth-order valence-electron chi connectivity index (χ4n) is 7.02. The number of aliphatic hydroxyl groups excluding tert-OH is 1. The fraction of sp³-hybridized carbons (Fsp3) is 0.391. The summed E-state index contributed by atoms with van der Waals surface area (Å²) in [6.45, 7) is 14.6. The Balaban J connectivity index is 0.000000169. The van der Waals surface area contributed by atoms with E-state index in [9.17, 15) is 13.9 Å². The predicted octanol–water partition coefficient (Wildman–Crippen LogP) is 7.23. The molecule has 0 saturated carbocycles. The first-order valence-electron chi connectivity index (χ1n) is 21.2. The molecule has 4 N–H and O–H groups in total. The molecule has 2 aromatic heterocycles. The average molecular weight is 920 g/mol. The summed E-state index contributed by atoms with van der Waals surface area (Å²) in [5.41, 5.74) is 3.77. The van der Waals surface area contributed by atoms with E-state index in [2.05, 4.69) is 64.7 Å². The number of aliphatic hydroxyl groups is 1. The van der Waals surface area contributed by atoms with Crippen molar-refractivity contribution in [3.63, 3.8) is 0 Å². The van der Waals surface area contributed by atoms with Crippen LogP contribution in [0.4, 0.5) is 31.8 Å². The predicted molar refractivity (Wildman–Crippen MR) is 249 cm³/mol. The monoisotopic (exact) mass is 918 g/mol. The summed E-state index contributed by atoms with van der Waals surface area (Å²) in [6, 6.07) is 16.4. The Labute approximate surface area is 381 Å². The zero-order valence-electron chi connectivity index (χ0n) is 36.4. The lowest BCUT2D eigenvalue weighted by Crippen LogP contribution is -2.47. The van der Waals surface area contributed by atoms with E-state index < -0.39 is 17.7 Å². The quantitative estimate of drug-likeness (QED) is 0.0915. The summed E-state index contributed by atoms with van der Waals surface area (Å²) >= 11 is 11.6. The molecule has 340 valence electrons. The Morgan fingerprint density at radius 1 is 0.734 bits per heavy atom. The Morgan fingerprint density at radius 2 is 1.23 bits per heavy atom. The molecule has 0 amide bonds. The maximum absolute atomic E-state index is 14.2. The van der Waals surface area contributed by atoms with E-state index in [0.29, 0.717) is 57.3 Å². The normalized spacial score (nSPS) is 17.2. The minimum absolute atomic E-state index is 0.186. The van der Waals surface area contributed by atoms with Crippen molar-refractivity contribution in [2.45, 2.75) is 26.1 Å². The highest BCUT2D eigenvalue weighted by atomic mass is 35.5. The molecule has 3 fully saturated rings. The SMILES string of the molecule is CN1CCNCC1.Cc1cc2c(Nc3ccc(Cl)cc3F)ncnc2cc1OCC(O)CN1CCN(C)CC1.Cc1cc2c(Nc3ccc(Cl)cc3F)ncnc2cc1OCC1CO1. The third-order valence-electron chi connectivity index (χ3n) is 10.9. The second kappa shape index (κ2) is 22.2. The van der Waals surface area contributed by atoms with Crippen LogP contribution in [0.25, 0.3) is 21.8 Å². The number of hydrogen-bond donors (Lipinski definition) is 4. The molecular weight excluding hydrogens is 865 g/mol. The first-order valence-corrected chi connectivity index (χ1v) is 21.9. The summed E-state index contributed by atoms with van der Waals surface area (Å²) in [6.07, 6.45) is 2.45. The lowest BCUT2D eigenvalue weighted by Gasteiger charge is -2.33. The Morgan fingerprint density at radius 3 is 1.70 bits per heavy atom. The molecule has 3 aliphatic heterocycles. The van der Waals surface area contributed by atoms with Gasteiger partial charge >= 0.3 is 0 Å². The van der Waals surface area contributed by atoms with Crippen LogP contribution < -0.4 is 25.4 Å². The minimum Gasteiger partial charge on any atom is -0.490 e. The molecule has 18 heteroatoms. The first-order chi connectivity index (χ1) is 30.9. The van der Waals surface area contributed by atoms with Crippen molar-refractivity contribution >= 4 is 68.0 Å². The standard InChI is InChI=1S/C23H27ClFN5O2.C18H15ClFN3O2.C5H12N2/c1-15-9-18-21(26-14-27-23(18)28-20-4-3-16(24)10-19(20)25)11-22(15)32-13-17(31)12-30-7-5-29(2)6-8-30;1-10-4-13-16(6-17(10)25-8-12-7-24-12)21-9-22-18(13)23-15-3-2-11(19)5-14(15)20;1-7-4-2-6-3-5-7/h3-4,9-11,14,17,31H,5-8,12-13H2,1-2H3,(H,26,27,28);2-6,9,12H,7-8H2,1H3,(H,21,22,23);6H,2-5H2,1H3. The maximum Gasteiger partial charge on any atom is 0.148 e. The highest BCUT2D eigenvalue weighted by Gasteiger charge is 2.24. The second-order valence-electron chi connectivity index (χ2n) is 16.1. The van der Waals surface area contributed by atoms with E-state index >= 15 is 0 Å². The molecule has 2 unspecified atom stereocenters. The molecule has 0 bridgehead atoms. The van der Waals surface area contributed by atoms with E-state index in [0.717, 1.165) is 73.5 Å². The van der Waals surface area contributed by atoms with Gasteiger partial charge in [0.15, 0.2) is 0 Å². The molecule has 0 aliphatic carbocycles. The third-order valence-corrected chi connectivity index (χ3v) is 11.4. The van der Waals surface area contributed by atoms with Gasteiger partial charge in [0.25, 0.3) is 0 Å². The average Bonchev–Trinajstić information content (AvgIpc) is 4.11. The van der Waals surface area contributed by atoms with Crippen molar-refractivity contribution in [3.8, 4) is 11.5 Å². The molecule has 0 radical (unpaired) electrons. The van der Waals surface area contributed by atoms with Gasteiger partial charge in [-0.2, -0.15) is 0 Å². The molecule has 3 aliphatic rings. The van der Waals surface area contributed by atoms with Crippen molar-refractivity contribution in [2.75, 3.05) is 103 Å². The Kier molecular flexibility index (Phi) is 16.3. The molecule has 0 spiro atoms. The number of halogens is 4. The van der Waals surface area contributed by atoms with Crippen LogP contribution in [0.15, 0.2) is 73.3 Å². The van der Waals surface area contributed by atoms with E-state index in [-0.39, 0.29) is 18.4 Å². The summed E-state index contributed by atoms with van der Waals surface area (Å²) in [4.78, 5) is 24.0. The van der Waals surface area contributed by atoms with E-state index in [1.54, 1.807) is 24.3 Å². The summed E-state index contributed by atoms with van der Waals surface area (Å²) in [5, 5.41) is 21.9. The molecule has 5 heterocycles. The van der Waals surface area contributed by atoms with Gasteiger partial charge < -0.3 is 45.1 Å². The number of fused-ring (bicyclic) bond motifs is 2. The number of hydrogen-bond acceptors (Lipinski definition) is 14. The van der Waals surface area contributed by atoms with Crippen LogP contribution in [0.2, 0.25) is 10.0 Å². The summed E-state index contributed by atoms with van der Waals surface area (Å²) in [7, 11) is 4.26. The van der Waals surface area contributed by atoms with E-state index in [1.165, 1.54) is 37.9 Å². The number of β-amino-alcohol motifs (C(OH)–C–C–N with tert-alkyl or cyclic N) is 1. The largest absolute Gasteiger partial charge is 0.490 e. The van der Waals surface area contributed by atoms with Crippen LogP contribution in [0.3, 0.4) is 0 Å². The van der Waals surface area contributed by atoms with Crippen molar-refractivity contribution in [1.82, 2.24) is 40.0 Å². The van der Waals surface area contributed by atoms with Crippen LogP contribution >= 0.6 is 23.2 Å². The molecule has 4 aromatic carbocycles. The van der Waals surface area contributed by atoms with Crippen LogP contribution in [-0.2, 0) is 4.74 Å². The van der Waals surface area contributed by atoms with Gasteiger partial charge in [0.2, 0.25) is 0 Å². The van der Waals surface area contributed by atoms with Gasteiger partial charge in [-0.25, -0.2) is 28.7 Å². The number of aryl methyl sites for hydroxylation is 2. The first kappa shape index (κ1) is 46.9. The highest BCUT2D eigenvalue weighted by molar-refractivity contribution is 6.31. The van der Waals surface area contributed by atoms with Gasteiger partial charge in [-0.1, -0.05) is 23.2 Å². The number of aromatic nitrogens is 4. The van der Waals surface area contributed by atoms with Crippen molar-refractivity contribution in [1.29, 1.82) is 0 Å². The number of ether oxygens (including phenoxy) is 3. The van der Waals surface area contributed by atoms with Crippen molar-refractivity contribution in [3.05, 3.63) is 106 Å². The zero-order chi connectivity index (χ0) is 45.2. The van der Waals surface area contributed by atoms with Gasteiger partial charge in [-0.05, 0) is 87.6 Å². The number of nitrogens with zero attached hydrogens (tertiary/aromatic N) is 7. The number of nitrogens with one attached hydrogen (secondary N) is 3. The van der Waals surface area contributed by atoms with Crippen LogP contribution in [0.5, 0.6) is 11.5 Å². The summed E-state index contributed by atoms with van der Waals surface area (Å²) in [5.74, 6) is 1.51. The molecule has 9 rings (SSSR count). The zero-order valence-corrected chi connectivity index (χ0v) is 37.9. The van der Waals surface area contributed by atoms with Gasteiger partial charge in [0.1, 0.15) is 72.8 Å². The smallest absolute Gasteiger partial charge is 0.148 e. The highest BCUT2D eigenvalue weighted by Crippen LogP contribution is 2.33. The van der Waals surface area contributed by atoms with Gasteiger partial charge in [-0.3, -0.25) is 4.90 Å². The Hall–Kier alpha value is -5.04. The molecule has 2 atom stereocenters. The number of rotatable bonds is 12. The number of likely N-dealkylation sites (N-methyl/N-ethyl adjacent to an activating group) is 2. The van der Waals surface area contributed by atoms with Gasteiger partial charge in [0.05, 0.1) is 29.0 Å². The van der Waals surface area contributed by atoms with Crippen LogP contribution in [0, 0.1) is 25.5 Å². The number of epoxide rings is 1. The molecule has 64 heavy (non-hydrogen) atoms. The minimum atomic E-state index is -0.580.